The number of nitrogens with one attached hydrogen (secondary N) is 6. The van der Waals surface area contributed by atoms with Crippen LogP contribution in [0.25, 0.3) is 0 Å². The van der Waals surface area contributed by atoms with Gasteiger partial charge in [-0.15, -0.1) is 0 Å². The van der Waals surface area contributed by atoms with E-state index in [1.54, 1.807) is 30.3 Å². The maximum Gasteiger partial charge on any atom is 0.328 e. The zero-order chi connectivity index (χ0) is 38.0. The smallest absolute Gasteiger partial charge is 0.328 e. The summed E-state index contributed by atoms with van der Waals surface area (Å²) >= 11 is 0. The molecule has 0 aromatic heterocycles. The van der Waals surface area contributed by atoms with Gasteiger partial charge in [0.25, 0.3) is 0 Å². The van der Waals surface area contributed by atoms with E-state index in [2.05, 4.69) is 36.9 Å². The molecule has 0 heterocycles. The third kappa shape index (κ3) is 15.3. The van der Waals surface area contributed by atoms with Crippen LogP contribution in [0.5, 0.6) is 0 Å². The predicted molar refractivity (Wildman–Crippen MR) is 178 cm³/mol. The first-order valence-electron chi connectivity index (χ1n) is 15.6. The molecule has 0 bridgehead atoms. The number of carboxylic acids is 1. The third-order valence-electron chi connectivity index (χ3n) is 7.06. The molecule has 0 unspecified atom stereocenters. The first-order chi connectivity index (χ1) is 23.5. The number of aliphatic imine (C=N–C) groups is 1. The highest BCUT2D eigenvalue weighted by Crippen LogP contribution is 2.06. The number of aliphatic carboxylic acids is 1. The Labute approximate surface area is 288 Å². The van der Waals surface area contributed by atoms with Crippen molar-refractivity contribution in [1.29, 1.82) is 0 Å². The lowest BCUT2D eigenvalue weighted by Crippen LogP contribution is -2.60. The van der Waals surface area contributed by atoms with Crippen LogP contribution in [0.15, 0.2) is 35.3 Å². The number of rotatable bonds is 21. The summed E-state index contributed by atoms with van der Waals surface area (Å²) in [6, 6.07) is 0.233. The van der Waals surface area contributed by atoms with Gasteiger partial charge in [0.2, 0.25) is 35.4 Å². The Morgan fingerprint density at radius 3 is 1.80 bits per heavy atom. The third-order valence-corrected chi connectivity index (χ3v) is 7.06. The van der Waals surface area contributed by atoms with Crippen LogP contribution < -0.4 is 49.1 Å². The molecule has 7 atom stereocenters. The van der Waals surface area contributed by atoms with Gasteiger partial charge in [0, 0.05) is 13.0 Å². The molecule has 0 aliphatic rings. The number of nitrogens with two attached hydrogens (primary N) is 3. The lowest BCUT2D eigenvalue weighted by Gasteiger charge is -2.26. The number of guanidine groups is 1. The van der Waals surface area contributed by atoms with Gasteiger partial charge in [-0.2, -0.15) is 0 Å². The Hall–Kier alpha value is -5.34. The van der Waals surface area contributed by atoms with Crippen LogP contribution in [0.2, 0.25) is 0 Å². The molecule has 20 nitrogen and oxygen atoms in total. The fourth-order valence-corrected chi connectivity index (χ4v) is 4.28. The number of hydrogen-bond donors (Lipinski definition) is 12. The standard InChI is InChI=1S/C30H48N10O10/c1-15(35-22(43)13-31)24(44)38-20(12-18-8-5-4-6-9-18)27(47)39-21(14-41)28(48)37-19(10-7-11-34-30(32)33)26(46)36-16(2)25(45)40-23(17(3)42)29(49)50/h4-6,8-9,15-17,19-21,23,41-42H,7,10-14,31H2,1-3H3,(H,35,43)(H,36,46)(H,37,48)(H,38,44)(H,39,47)(H,40,45)(H,49,50)(H4,32,33,34)/t15-,16-,17+,19-,20-,21-,23-/m0/s1. The van der Waals surface area contributed by atoms with Crippen molar-refractivity contribution in [3.63, 3.8) is 0 Å². The second-order valence-corrected chi connectivity index (χ2v) is 11.3. The molecule has 0 aliphatic carbocycles. The molecule has 15 N–H and O–H groups in total. The number of amides is 6. The monoisotopic (exact) mass is 708 g/mol. The van der Waals surface area contributed by atoms with E-state index < -0.39 is 90.4 Å². The average Bonchev–Trinajstić information content (AvgIpc) is 3.06. The first-order valence-corrected chi connectivity index (χ1v) is 15.6. The number of carbonyl (C=O) groups excluding carboxylic acids is 6. The van der Waals surface area contributed by atoms with Gasteiger partial charge in [0.05, 0.1) is 19.3 Å². The van der Waals surface area contributed by atoms with Crippen molar-refractivity contribution in [3.05, 3.63) is 35.9 Å². The van der Waals surface area contributed by atoms with Gasteiger partial charge >= 0.3 is 5.97 Å². The normalized spacial score (nSPS) is 14.9. The Balaban J connectivity index is 3.15. The Bertz CT molecular complexity index is 1360. The van der Waals surface area contributed by atoms with Gasteiger partial charge in [0.1, 0.15) is 30.2 Å². The molecule has 0 aliphatic heterocycles. The molecule has 50 heavy (non-hydrogen) atoms. The largest absolute Gasteiger partial charge is 0.480 e. The van der Waals surface area contributed by atoms with E-state index in [0.717, 1.165) is 6.92 Å². The summed E-state index contributed by atoms with van der Waals surface area (Å²) in [7, 11) is 0. The van der Waals surface area contributed by atoms with Crippen molar-refractivity contribution < 1.29 is 48.9 Å². The summed E-state index contributed by atoms with van der Waals surface area (Å²) in [6.45, 7) is 2.54. The maximum atomic E-state index is 13.4. The van der Waals surface area contributed by atoms with Crippen molar-refractivity contribution in [2.45, 2.75) is 82.4 Å². The van der Waals surface area contributed by atoms with Crippen LogP contribution in [-0.2, 0) is 40.0 Å². The van der Waals surface area contributed by atoms with Crippen LogP contribution in [0.1, 0.15) is 39.2 Å². The summed E-state index contributed by atoms with van der Waals surface area (Å²) in [4.78, 5) is 92.1. The predicted octanol–water partition coefficient (Wildman–Crippen LogP) is -5.35. The minimum Gasteiger partial charge on any atom is -0.480 e. The van der Waals surface area contributed by atoms with Gasteiger partial charge in [-0.25, -0.2) is 4.79 Å². The Morgan fingerprint density at radius 2 is 1.26 bits per heavy atom. The van der Waals surface area contributed by atoms with Crippen molar-refractivity contribution in [2.75, 3.05) is 19.7 Å². The number of carboxylic acid groups (broad SMARTS) is 1. The Kier molecular flexibility index (Phi) is 18.4. The van der Waals surface area contributed by atoms with Gasteiger partial charge in [0.15, 0.2) is 12.0 Å². The molecule has 1 aromatic rings. The number of carbonyl (C=O) groups is 7. The Morgan fingerprint density at radius 1 is 0.740 bits per heavy atom. The number of aliphatic hydroxyl groups is 2. The first kappa shape index (κ1) is 42.7. The van der Waals surface area contributed by atoms with E-state index in [1.165, 1.54) is 13.8 Å². The maximum absolute atomic E-state index is 13.4. The summed E-state index contributed by atoms with van der Waals surface area (Å²) in [5.74, 6) is -6.78. The zero-order valence-electron chi connectivity index (χ0n) is 28.0. The van der Waals surface area contributed by atoms with Crippen molar-refractivity contribution in [2.24, 2.45) is 22.2 Å². The average molecular weight is 709 g/mol. The van der Waals surface area contributed by atoms with Crippen LogP contribution in [0.4, 0.5) is 0 Å². The second-order valence-electron chi connectivity index (χ2n) is 11.3. The van der Waals surface area contributed by atoms with E-state index in [9.17, 15) is 48.9 Å². The quantitative estimate of drug-likeness (QED) is 0.0323. The van der Waals surface area contributed by atoms with E-state index in [1.807, 2.05) is 0 Å². The lowest BCUT2D eigenvalue weighted by atomic mass is 10.0. The number of hydrogen-bond acceptors (Lipinski definition) is 11. The minimum absolute atomic E-state index is 0.0384. The zero-order valence-corrected chi connectivity index (χ0v) is 28.0. The summed E-state index contributed by atoms with van der Waals surface area (Å²) in [5, 5.41) is 43.0. The highest BCUT2D eigenvalue weighted by Gasteiger charge is 2.32. The van der Waals surface area contributed by atoms with E-state index >= 15 is 0 Å². The molecular weight excluding hydrogens is 660 g/mol. The molecule has 1 rings (SSSR count). The SMILES string of the molecule is C[C@H](NC(=O)CN)C(=O)N[C@@H](Cc1ccccc1)C(=O)N[C@@H](CO)C(=O)N[C@@H](CCCN=C(N)N)C(=O)N[C@@H](C)C(=O)N[C@H](C(=O)O)[C@@H](C)O. The highest BCUT2D eigenvalue weighted by atomic mass is 16.4. The van der Waals surface area contributed by atoms with Crippen molar-refractivity contribution in [1.82, 2.24) is 31.9 Å². The van der Waals surface area contributed by atoms with Crippen molar-refractivity contribution >= 4 is 47.4 Å². The summed E-state index contributed by atoms with van der Waals surface area (Å²) in [6.07, 6.45) is -1.42. The van der Waals surface area contributed by atoms with E-state index in [4.69, 9.17) is 17.2 Å². The van der Waals surface area contributed by atoms with E-state index in [-0.39, 0.29) is 38.3 Å². The van der Waals surface area contributed by atoms with E-state index in [0.29, 0.717) is 5.56 Å². The van der Waals surface area contributed by atoms with Crippen LogP contribution in [-0.4, -0.2) is 125 Å². The van der Waals surface area contributed by atoms with Gasteiger partial charge in [-0.1, -0.05) is 30.3 Å². The van der Waals surface area contributed by atoms with Gasteiger partial charge < -0.3 is 64.4 Å². The molecule has 278 valence electrons. The van der Waals surface area contributed by atoms with Gasteiger partial charge in [-0.3, -0.25) is 33.8 Å². The summed E-state index contributed by atoms with van der Waals surface area (Å²) < 4.78 is 0. The molecule has 0 fully saturated rings. The molecule has 20 heteroatoms. The molecule has 1 aromatic carbocycles. The number of aliphatic hydroxyl groups excluding tert-OH is 2. The van der Waals surface area contributed by atoms with Gasteiger partial charge in [-0.05, 0) is 39.2 Å². The molecule has 0 radical (unpaired) electrons. The molecule has 0 spiro atoms. The lowest BCUT2D eigenvalue weighted by molar-refractivity contribution is -0.145. The number of benzene rings is 1. The highest BCUT2D eigenvalue weighted by molar-refractivity contribution is 5.96. The fourth-order valence-electron chi connectivity index (χ4n) is 4.28. The van der Waals surface area contributed by atoms with Crippen LogP contribution >= 0.6 is 0 Å². The second kappa shape index (κ2) is 21.6. The molecule has 0 saturated heterocycles. The molecule has 0 saturated carbocycles. The topological polar surface area (TPSA) is 343 Å². The van der Waals surface area contributed by atoms with Crippen molar-refractivity contribution in [3.8, 4) is 0 Å². The summed E-state index contributed by atoms with van der Waals surface area (Å²) in [5.41, 5.74) is 16.6. The number of nitrogens with zero attached hydrogens (tertiary/aromatic N) is 1. The fraction of sp³-hybridized carbons (Fsp3) is 0.533. The van der Waals surface area contributed by atoms with Crippen LogP contribution in [0.3, 0.4) is 0 Å². The minimum atomic E-state index is -1.66. The molecule has 6 amide bonds. The van der Waals surface area contributed by atoms with Crippen LogP contribution in [0, 0.1) is 0 Å². The molecular formula is C30H48N10O10.